The van der Waals surface area contributed by atoms with Crippen molar-refractivity contribution >= 4 is 109 Å². The molecule has 13 aromatic carbocycles. The van der Waals surface area contributed by atoms with Gasteiger partial charge in [0, 0.05) is 21.5 Å². The third kappa shape index (κ3) is 4.69. The van der Waals surface area contributed by atoms with Crippen LogP contribution in [-0.4, -0.2) is 0 Å². The van der Waals surface area contributed by atoms with Crippen LogP contribution in [0.2, 0.25) is 0 Å². The van der Waals surface area contributed by atoms with Gasteiger partial charge in [-0.1, -0.05) is 157 Å². The first-order valence-electron chi connectivity index (χ1n) is 36.3. The van der Waals surface area contributed by atoms with Gasteiger partial charge in [0.2, 0.25) is 0 Å². The topological polar surface area (TPSA) is 26.3 Å². The normalized spacial score (nSPS) is 19.8. The van der Waals surface area contributed by atoms with Crippen molar-refractivity contribution in [2.24, 2.45) is 0 Å². The molecule has 0 saturated carbocycles. The minimum Gasteiger partial charge on any atom is -0.456 e. The predicted molar refractivity (Wildman–Crippen MR) is 270 cm³/mol. The number of para-hydroxylation sites is 2. The summed E-state index contributed by atoms with van der Waals surface area (Å²) in [5.41, 5.74) is -11.3. The Kier molecular flexibility index (Phi) is 3.03. The van der Waals surface area contributed by atoms with Gasteiger partial charge < -0.3 is 8.83 Å². The maximum Gasteiger partial charge on any atom is 0.135 e. The van der Waals surface area contributed by atoms with E-state index in [0.29, 0.717) is 0 Å². The molecule has 0 amide bonds. The Balaban J connectivity index is 1.32. The molecule has 0 fully saturated rings. The van der Waals surface area contributed by atoms with Crippen LogP contribution in [0.5, 0.6) is 0 Å². The number of hydrogen-bond donors (Lipinski definition) is 0. The third-order valence-corrected chi connectivity index (χ3v) is 11.4. The van der Waals surface area contributed by atoms with E-state index in [1.165, 1.54) is 0 Å². The molecule has 0 radical (unpaired) electrons. The first kappa shape index (κ1) is 15.4. The van der Waals surface area contributed by atoms with E-state index in [-0.39, 0.29) is 0 Å². The van der Waals surface area contributed by atoms with Crippen LogP contribution in [0.4, 0.5) is 0 Å². The quantitative estimate of drug-likeness (QED) is 0.165. The molecule has 15 aromatic rings. The lowest BCUT2D eigenvalue weighted by Crippen LogP contribution is -1.95. The number of fused-ring (bicyclic) bond motifs is 6. The predicted octanol–water partition coefficient (Wildman–Crippen LogP) is 17.9. The van der Waals surface area contributed by atoms with E-state index in [4.69, 9.17) is 28.0 Å². The number of rotatable bonds is 4. The maximum atomic E-state index is 11.0. The van der Waals surface area contributed by atoms with E-state index in [1.54, 1.807) is 0 Å². The van der Waals surface area contributed by atoms with Crippen molar-refractivity contribution in [3.63, 3.8) is 0 Å². The van der Waals surface area contributed by atoms with Crippen LogP contribution in [0.15, 0.2) is 214 Å². The summed E-state index contributed by atoms with van der Waals surface area (Å²) in [6, 6.07) is -33.4. The molecule has 0 aliphatic carbocycles. The number of furan rings is 2. The minimum atomic E-state index is -1.31. The smallest absolute Gasteiger partial charge is 0.135 e. The molecule has 0 atom stereocenters. The van der Waals surface area contributed by atoms with Gasteiger partial charge in [-0.05, 0) is 157 Å². The summed E-state index contributed by atoms with van der Waals surface area (Å²) < 4.78 is 335. The lowest BCUT2D eigenvalue weighted by molar-refractivity contribution is 0.668. The molecule has 0 unspecified atom stereocenters. The van der Waals surface area contributed by atoms with Crippen molar-refractivity contribution in [2.75, 3.05) is 0 Å². The van der Waals surface area contributed by atoms with Gasteiger partial charge in [0.15, 0.2) is 0 Å². The Morgan fingerprint density at radius 2 is 0.688 bits per heavy atom. The largest absolute Gasteiger partial charge is 0.456 e. The van der Waals surface area contributed by atoms with Gasteiger partial charge in [-0.25, -0.2) is 0 Å². The van der Waals surface area contributed by atoms with E-state index < -0.39 is 358 Å². The van der Waals surface area contributed by atoms with E-state index in [1.807, 2.05) is 0 Å². The molecule has 0 N–H and O–H groups in total. The van der Waals surface area contributed by atoms with Gasteiger partial charge in [-0.3, -0.25) is 0 Å². The highest BCUT2D eigenvalue weighted by Gasteiger charge is 2.23. The van der Waals surface area contributed by atoms with E-state index in [0.717, 1.165) is 0 Å². The zero-order valence-electron chi connectivity index (χ0n) is 65.8. The van der Waals surface area contributed by atoms with Gasteiger partial charge in [0.1, 0.15) is 22.3 Å². The van der Waals surface area contributed by atoms with Crippen LogP contribution in [0, 0.1) is 0 Å². The summed E-state index contributed by atoms with van der Waals surface area (Å²) in [4.78, 5) is 0. The van der Waals surface area contributed by atoms with Crippen LogP contribution in [0.1, 0.15) is 46.6 Å². The van der Waals surface area contributed by atoms with Crippen molar-refractivity contribution in [3.8, 4) is 44.5 Å². The molecule has 0 aliphatic heterocycles. The minimum absolute atomic E-state index is 0.450. The average Bonchev–Trinajstić information content (AvgIpc) is 0.795. The fourth-order valence-electron chi connectivity index (χ4n) is 8.64. The molecule has 0 spiro atoms. The van der Waals surface area contributed by atoms with E-state index in [9.17, 15) is 27.4 Å². The van der Waals surface area contributed by atoms with Gasteiger partial charge in [-0.2, -0.15) is 0 Å². The third-order valence-electron chi connectivity index (χ3n) is 11.4. The van der Waals surface area contributed by atoms with E-state index in [2.05, 4.69) is 0 Å². The molecular formula is C62H34O2. The van der Waals surface area contributed by atoms with Crippen molar-refractivity contribution < 1.29 is 55.4 Å². The lowest BCUT2D eigenvalue weighted by Gasteiger charge is -2.22. The van der Waals surface area contributed by atoms with Crippen LogP contribution in [0.3, 0.4) is 0 Å². The van der Waals surface area contributed by atoms with Crippen LogP contribution >= 0.6 is 0 Å². The molecule has 2 nitrogen and oxygen atoms in total. The summed E-state index contributed by atoms with van der Waals surface area (Å²) >= 11 is 0. The summed E-state index contributed by atoms with van der Waals surface area (Å²) in [6.45, 7) is 0. The van der Waals surface area contributed by atoms with Gasteiger partial charge in [-0.15, -0.1) is 0 Å². The Hall–Kier alpha value is -8.46. The first-order chi connectivity index (χ1) is 45.9. The van der Waals surface area contributed by atoms with Gasteiger partial charge in [0.25, 0.3) is 0 Å². The Morgan fingerprint density at radius 3 is 1.28 bits per heavy atom. The van der Waals surface area contributed by atoms with Crippen LogP contribution < -0.4 is 0 Å². The highest BCUT2D eigenvalue weighted by Crippen LogP contribution is 2.50. The van der Waals surface area contributed by atoms with Gasteiger partial charge >= 0.3 is 0 Å². The highest BCUT2D eigenvalue weighted by molar-refractivity contribution is 6.28. The van der Waals surface area contributed by atoms with Crippen molar-refractivity contribution in [1.29, 1.82) is 0 Å². The second kappa shape index (κ2) is 12.6. The zero-order chi connectivity index (χ0) is 71.2. The monoisotopic (exact) mass is 844 g/mol. The summed E-state index contributed by atoms with van der Waals surface area (Å²) in [6.07, 6.45) is 0. The number of benzene rings is 13. The summed E-state index contributed by atoms with van der Waals surface area (Å²) in [5.74, 6) is 0. The summed E-state index contributed by atoms with van der Waals surface area (Å²) in [5, 5.41) is -9.75. The molecule has 0 saturated heterocycles. The van der Waals surface area contributed by atoms with Gasteiger partial charge in [0.05, 0.1) is 46.6 Å². The van der Waals surface area contributed by atoms with Crippen molar-refractivity contribution in [2.45, 2.75) is 0 Å². The standard InChI is InChI=1S/C62H34O2/c1-3-13-54-46(11-1)51-31-41(23-29-56(51)63-54)50-33-43(44-25-19-39-17-15-35-7-5-9-37-21-27-48(44)61(39)58(35)37)34-53(60(50)42-24-30-57-52(32-42)47-12-2-4-14-55(47)64-57)45-26-20-40-18-16-36-8-6-10-38-22-28-49(45)62(40)59(36)38/h1-34H/i1D,2D,3D,4D,5D,6D,7D,8D,9D,10D,11D,12D,13D,14D,15D,16D,17D,18D,19D,20D,21D,22D,23D,24D,25D,26D,27D,28D,29D,30D,31D,32D,33D,34D. The maximum absolute atomic E-state index is 11.0. The fraction of sp³-hybridized carbons (Fsp3) is 0. The molecular weight excluding hydrogens is 777 g/mol. The summed E-state index contributed by atoms with van der Waals surface area (Å²) in [7, 11) is 0. The lowest BCUT2D eigenvalue weighted by atomic mass is 9.81. The average molecular weight is 845 g/mol. The number of hydrogen-bond acceptors (Lipinski definition) is 2. The fourth-order valence-corrected chi connectivity index (χ4v) is 8.64. The Bertz CT molecular complexity index is 6410. The zero-order valence-corrected chi connectivity index (χ0v) is 31.8. The van der Waals surface area contributed by atoms with Crippen molar-refractivity contribution in [3.05, 3.63) is 205 Å². The molecule has 294 valence electrons. The molecule has 2 heterocycles. The Labute approximate surface area is 414 Å². The SMILES string of the molecule is [2H]c1c(-c2c([2H])c([2H])c3c([2H])c([2H])c4c([2H])c([2H])c([2H])c5c([2H])c([2H])c2c3c45)c([2H])c(-c2c([2H])c([2H])c3c([2H])c([2H])c4c([2H])c([2H])c([2H])c5c([2H])c([2H])c2c3c45)c(-c2c([2H])c([2H])c3oc4c([2H])c([2H])c([2H])c([2H])c4c3c2[2H])c1-c1c([2H])c([2H])c2oc3c([2H])c([2H])c([2H])c([2H])c3c2c1[2H]. The van der Waals surface area contributed by atoms with Crippen LogP contribution in [-0.2, 0) is 0 Å². The Morgan fingerprint density at radius 1 is 0.250 bits per heavy atom. The highest BCUT2D eigenvalue weighted by atomic mass is 16.3. The molecule has 15 rings (SSSR count). The van der Waals surface area contributed by atoms with Crippen molar-refractivity contribution in [1.82, 2.24) is 0 Å². The second-order valence-corrected chi connectivity index (χ2v) is 14.8. The van der Waals surface area contributed by atoms with Crippen LogP contribution in [0.25, 0.3) is 153 Å². The molecule has 0 aliphatic rings. The first-order valence-corrected chi connectivity index (χ1v) is 19.3. The van der Waals surface area contributed by atoms with E-state index >= 15 is 0 Å². The molecule has 0 bridgehead atoms. The molecule has 2 heteroatoms. The molecule has 2 aromatic heterocycles. The second-order valence-electron chi connectivity index (χ2n) is 14.8. The molecule has 64 heavy (non-hydrogen) atoms.